The molecule has 0 aliphatic carbocycles. The fourth-order valence-corrected chi connectivity index (χ4v) is 2.30. The number of aliphatic imine (C=N–C) groups is 1. The molecule has 122 valence electrons. The van der Waals surface area contributed by atoms with E-state index in [1.807, 2.05) is 62.4 Å². The van der Waals surface area contributed by atoms with E-state index in [2.05, 4.69) is 15.3 Å². The van der Waals surface area contributed by atoms with Crippen LogP contribution in [0.5, 0.6) is 0 Å². The van der Waals surface area contributed by atoms with E-state index >= 15 is 0 Å². The maximum absolute atomic E-state index is 5.91. The summed E-state index contributed by atoms with van der Waals surface area (Å²) in [6.45, 7) is 4.36. The Bertz CT molecular complexity index is 850. The Kier molecular flexibility index (Phi) is 4.61. The van der Waals surface area contributed by atoms with Crippen LogP contribution in [0.1, 0.15) is 17.0 Å². The van der Waals surface area contributed by atoms with Gasteiger partial charge in [0.05, 0.1) is 6.20 Å². The number of aryl methyl sites for hydroxylation is 2. The van der Waals surface area contributed by atoms with Crippen molar-refractivity contribution >= 4 is 11.6 Å². The van der Waals surface area contributed by atoms with E-state index in [0.717, 1.165) is 22.6 Å². The second kappa shape index (κ2) is 7.00. The first-order valence-electron chi connectivity index (χ1n) is 7.75. The molecule has 3 rings (SSSR count). The molecule has 0 aliphatic heterocycles. The van der Waals surface area contributed by atoms with Crippen molar-refractivity contribution in [3.05, 3.63) is 71.7 Å². The Labute approximate surface area is 141 Å². The molecule has 0 fully saturated rings. The minimum absolute atomic E-state index is 0.288. The van der Waals surface area contributed by atoms with Crippen molar-refractivity contribution in [2.24, 2.45) is 10.7 Å². The van der Waals surface area contributed by atoms with E-state index in [1.54, 1.807) is 6.20 Å². The van der Waals surface area contributed by atoms with Crippen LogP contribution in [0.4, 0.5) is 5.69 Å². The summed E-state index contributed by atoms with van der Waals surface area (Å²) in [7, 11) is 0. The van der Waals surface area contributed by atoms with Crippen LogP contribution in [0.25, 0.3) is 11.3 Å². The van der Waals surface area contributed by atoms with Crippen molar-refractivity contribution in [1.29, 1.82) is 0 Å². The topological polar surface area (TPSA) is 76.4 Å². The van der Waals surface area contributed by atoms with Crippen LogP contribution in [0.2, 0.25) is 0 Å². The normalized spacial score (nSPS) is 11.5. The number of anilines is 1. The molecular weight excluding hydrogens is 300 g/mol. The third kappa shape index (κ3) is 4.01. The quantitative estimate of drug-likeness (QED) is 0.565. The summed E-state index contributed by atoms with van der Waals surface area (Å²) in [4.78, 5) is 8.52. The Balaban J connectivity index is 1.65. The van der Waals surface area contributed by atoms with E-state index in [9.17, 15) is 0 Å². The van der Waals surface area contributed by atoms with E-state index in [4.69, 9.17) is 10.2 Å². The zero-order valence-corrected chi connectivity index (χ0v) is 13.8. The van der Waals surface area contributed by atoms with E-state index in [1.165, 1.54) is 5.56 Å². The lowest BCUT2D eigenvalue weighted by Crippen LogP contribution is -2.22. The molecule has 1 heterocycles. The standard InChI is InChI=1S/C19H20N4O/c1-13-6-8-15(9-7-13)17-11-21-18(24-17)12-22-19(20)23-16-5-3-4-14(2)10-16/h3-11H,12H2,1-2H3,(H3,20,22,23). The highest BCUT2D eigenvalue weighted by Crippen LogP contribution is 2.21. The lowest BCUT2D eigenvalue weighted by molar-refractivity contribution is 0.510. The van der Waals surface area contributed by atoms with Gasteiger partial charge >= 0.3 is 0 Å². The van der Waals surface area contributed by atoms with Gasteiger partial charge in [0.15, 0.2) is 11.7 Å². The van der Waals surface area contributed by atoms with Gasteiger partial charge in [0.2, 0.25) is 5.89 Å². The van der Waals surface area contributed by atoms with Crippen molar-refractivity contribution < 1.29 is 4.42 Å². The second-order valence-electron chi connectivity index (χ2n) is 5.68. The van der Waals surface area contributed by atoms with Gasteiger partial charge in [0.1, 0.15) is 6.54 Å². The first-order valence-corrected chi connectivity index (χ1v) is 7.75. The molecule has 5 heteroatoms. The minimum atomic E-state index is 0.288. The van der Waals surface area contributed by atoms with Crippen molar-refractivity contribution in [3.63, 3.8) is 0 Å². The molecular formula is C19H20N4O. The molecule has 2 aromatic carbocycles. The summed E-state index contributed by atoms with van der Waals surface area (Å²) in [5.74, 6) is 1.58. The molecule has 0 radical (unpaired) electrons. The minimum Gasteiger partial charge on any atom is -0.439 e. The summed E-state index contributed by atoms with van der Waals surface area (Å²) in [6, 6.07) is 16.0. The first-order chi connectivity index (χ1) is 11.6. The maximum atomic E-state index is 5.91. The predicted molar refractivity (Wildman–Crippen MR) is 96.8 cm³/mol. The van der Waals surface area contributed by atoms with Crippen LogP contribution in [0, 0.1) is 13.8 Å². The van der Waals surface area contributed by atoms with Gasteiger partial charge < -0.3 is 15.5 Å². The van der Waals surface area contributed by atoms with Gasteiger partial charge in [-0.15, -0.1) is 0 Å². The number of hydrogen-bond acceptors (Lipinski definition) is 3. The smallest absolute Gasteiger partial charge is 0.216 e. The van der Waals surface area contributed by atoms with Gasteiger partial charge in [0.25, 0.3) is 0 Å². The van der Waals surface area contributed by atoms with Crippen molar-refractivity contribution in [3.8, 4) is 11.3 Å². The Morgan fingerprint density at radius 3 is 2.67 bits per heavy atom. The second-order valence-corrected chi connectivity index (χ2v) is 5.68. The predicted octanol–water partition coefficient (Wildman–Crippen LogP) is 3.89. The molecule has 0 bridgehead atoms. The number of hydrogen-bond donors (Lipinski definition) is 2. The maximum Gasteiger partial charge on any atom is 0.216 e. The van der Waals surface area contributed by atoms with Crippen LogP contribution >= 0.6 is 0 Å². The SMILES string of the molecule is Cc1ccc(-c2cnc(CN=C(N)Nc3cccc(C)c3)o2)cc1. The van der Waals surface area contributed by atoms with Crippen molar-refractivity contribution in [2.75, 3.05) is 5.32 Å². The number of guanidine groups is 1. The summed E-state index contributed by atoms with van der Waals surface area (Å²) < 4.78 is 5.73. The molecule has 3 aromatic rings. The molecule has 24 heavy (non-hydrogen) atoms. The van der Waals surface area contributed by atoms with Gasteiger partial charge in [-0.25, -0.2) is 9.98 Å². The fraction of sp³-hybridized carbons (Fsp3) is 0.158. The molecule has 0 spiro atoms. The number of nitrogens with one attached hydrogen (secondary N) is 1. The monoisotopic (exact) mass is 320 g/mol. The molecule has 0 unspecified atom stereocenters. The van der Waals surface area contributed by atoms with Gasteiger partial charge in [-0.3, -0.25) is 0 Å². The largest absolute Gasteiger partial charge is 0.439 e. The van der Waals surface area contributed by atoms with Crippen LogP contribution in [0.15, 0.2) is 64.1 Å². The number of rotatable bonds is 4. The van der Waals surface area contributed by atoms with Crippen LogP contribution in [-0.4, -0.2) is 10.9 Å². The third-order valence-electron chi connectivity index (χ3n) is 3.56. The van der Waals surface area contributed by atoms with Gasteiger partial charge in [-0.1, -0.05) is 42.0 Å². The van der Waals surface area contributed by atoms with Crippen molar-refractivity contribution in [1.82, 2.24) is 4.98 Å². The summed E-state index contributed by atoms with van der Waals surface area (Å²) in [5, 5.41) is 3.06. The molecule has 0 atom stereocenters. The Morgan fingerprint density at radius 2 is 1.92 bits per heavy atom. The van der Waals surface area contributed by atoms with Crippen LogP contribution in [-0.2, 0) is 6.54 Å². The molecule has 0 saturated carbocycles. The summed E-state index contributed by atoms with van der Waals surface area (Å²) >= 11 is 0. The average molecular weight is 320 g/mol. The van der Waals surface area contributed by atoms with E-state index in [-0.39, 0.29) is 6.54 Å². The van der Waals surface area contributed by atoms with Gasteiger partial charge in [-0.2, -0.15) is 0 Å². The number of benzene rings is 2. The molecule has 5 nitrogen and oxygen atoms in total. The van der Waals surface area contributed by atoms with E-state index < -0.39 is 0 Å². The lowest BCUT2D eigenvalue weighted by atomic mass is 10.1. The zero-order valence-electron chi connectivity index (χ0n) is 13.8. The van der Waals surface area contributed by atoms with E-state index in [0.29, 0.717) is 11.9 Å². The molecule has 0 aliphatic rings. The van der Waals surface area contributed by atoms with Gasteiger partial charge in [0, 0.05) is 11.3 Å². The number of nitrogens with two attached hydrogens (primary N) is 1. The zero-order chi connectivity index (χ0) is 16.9. The average Bonchev–Trinajstić information content (AvgIpc) is 3.03. The van der Waals surface area contributed by atoms with Crippen LogP contribution in [0.3, 0.4) is 0 Å². The highest BCUT2D eigenvalue weighted by molar-refractivity contribution is 5.92. The Hall–Kier alpha value is -3.08. The first kappa shape index (κ1) is 15.8. The molecule has 0 saturated heterocycles. The molecule has 3 N–H and O–H groups in total. The third-order valence-corrected chi connectivity index (χ3v) is 3.56. The number of nitrogens with zero attached hydrogens (tertiary/aromatic N) is 2. The number of oxazole rings is 1. The Morgan fingerprint density at radius 1 is 1.12 bits per heavy atom. The summed E-state index contributed by atoms with van der Waals surface area (Å²) in [6.07, 6.45) is 1.71. The van der Waals surface area contributed by atoms with Gasteiger partial charge in [-0.05, 0) is 31.5 Å². The van der Waals surface area contributed by atoms with Crippen molar-refractivity contribution in [2.45, 2.75) is 20.4 Å². The molecule has 1 aromatic heterocycles. The van der Waals surface area contributed by atoms with Crippen LogP contribution < -0.4 is 11.1 Å². The molecule has 0 amide bonds. The fourth-order valence-electron chi connectivity index (χ4n) is 2.30. The number of aromatic nitrogens is 1. The highest BCUT2D eigenvalue weighted by Gasteiger charge is 2.06. The lowest BCUT2D eigenvalue weighted by Gasteiger charge is -2.05. The highest BCUT2D eigenvalue weighted by atomic mass is 16.4. The summed E-state index contributed by atoms with van der Waals surface area (Å²) in [5.41, 5.74) is 10.2.